The molecule has 1 spiro atoms. The Balaban J connectivity index is 1.57. The predicted octanol–water partition coefficient (Wildman–Crippen LogP) is 10.6. The highest BCUT2D eigenvalue weighted by Crippen LogP contribution is 2.61. The van der Waals surface area contributed by atoms with E-state index < -0.39 is 5.79 Å². The molecule has 1 fully saturated rings. The van der Waals surface area contributed by atoms with E-state index in [-0.39, 0.29) is 16.2 Å². The highest BCUT2D eigenvalue weighted by atomic mass is 15.7. The van der Waals surface area contributed by atoms with Gasteiger partial charge < -0.3 is 0 Å². The summed E-state index contributed by atoms with van der Waals surface area (Å²) in [5.74, 6) is -0.0346. The lowest BCUT2D eigenvalue weighted by Gasteiger charge is -2.67. The second kappa shape index (κ2) is 10.5. The average molecular weight is 666 g/mol. The second-order valence-corrected chi connectivity index (χ2v) is 18.9. The predicted molar refractivity (Wildman–Crippen MR) is 209 cm³/mol. The average Bonchev–Trinajstić information content (AvgIpc) is 3.44. The van der Waals surface area contributed by atoms with Crippen molar-refractivity contribution in [1.82, 2.24) is 14.8 Å². The molecule has 1 aromatic heterocycles. The first-order valence-corrected chi connectivity index (χ1v) is 19.0. The Morgan fingerprint density at radius 3 is 1.56 bits per heavy atom. The van der Waals surface area contributed by atoms with Crippen LogP contribution in [0.15, 0.2) is 67.0 Å². The summed E-state index contributed by atoms with van der Waals surface area (Å²) in [4.78, 5) is 11.2. The van der Waals surface area contributed by atoms with Gasteiger partial charge in [0.1, 0.15) is 5.69 Å². The summed E-state index contributed by atoms with van der Waals surface area (Å²) in [6.45, 7) is 33.4. The maximum atomic E-state index is 5.58. The van der Waals surface area contributed by atoms with Crippen molar-refractivity contribution in [1.29, 1.82) is 0 Å². The van der Waals surface area contributed by atoms with E-state index in [4.69, 9.17) is 4.98 Å². The van der Waals surface area contributed by atoms with E-state index in [1.54, 1.807) is 0 Å². The molecule has 4 aromatic carbocycles. The molecule has 4 heteroatoms. The molecule has 260 valence electrons. The minimum Gasteiger partial charge on any atom is -0.226 e. The highest BCUT2D eigenvalue weighted by molar-refractivity contribution is 6.02. The van der Waals surface area contributed by atoms with Gasteiger partial charge in [-0.2, -0.15) is 4.57 Å². The Labute approximate surface area is 300 Å². The van der Waals surface area contributed by atoms with Gasteiger partial charge in [0.05, 0.1) is 17.3 Å². The number of hydrogen-bond donors (Lipinski definition) is 0. The Hall–Kier alpha value is -3.60. The van der Waals surface area contributed by atoms with Gasteiger partial charge in [0.15, 0.2) is 5.69 Å². The molecule has 0 radical (unpaired) electrons. The molecule has 0 amide bonds. The fourth-order valence-electron chi connectivity index (χ4n) is 10.5. The lowest BCUT2D eigenvalue weighted by atomic mass is 9.75. The van der Waals surface area contributed by atoms with Gasteiger partial charge in [-0.25, -0.2) is 9.80 Å². The van der Waals surface area contributed by atoms with E-state index in [2.05, 4.69) is 178 Å². The van der Waals surface area contributed by atoms with Crippen molar-refractivity contribution in [3.8, 4) is 22.5 Å². The van der Waals surface area contributed by atoms with E-state index in [9.17, 15) is 0 Å². The summed E-state index contributed by atoms with van der Waals surface area (Å²) in [7, 11) is 0. The lowest BCUT2D eigenvalue weighted by Crippen LogP contribution is -2.90. The summed E-state index contributed by atoms with van der Waals surface area (Å²) >= 11 is 0. The molecule has 8 rings (SSSR count). The van der Waals surface area contributed by atoms with Crippen LogP contribution in [-0.4, -0.2) is 33.0 Å². The maximum Gasteiger partial charge on any atom is 0.290 e. The molecule has 3 heterocycles. The SMILES string of the molecule is CC(C)C1N(C(C)C)C2(c3c(cc(C(C)(C)C)c4ccccc34)-c3c4c(nc[n+]32)-c2cc(C(C)(C)C)c3ccccc3c2C4(C)C)N1C(C)C. The molecule has 3 aliphatic rings. The van der Waals surface area contributed by atoms with E-state index >= 15 is 0 Å². The topological polar surface area (TPSA) is 23.2 Å². The number of benzene rings is 4. The molecular formula is C46H57N4+. The zero-order valence-electron chi connectivity index (χ0n) is 32.9. The molecular weight excluding hydrogens is 609 g/mol. The summed E-state index contributed by atoms with van der Waals surface area (Å²) < 4.78 is 2.62. The van der Waals surface area contributed by atoms with Crippen molar-refractivity contribution in [3.63, 3.8) is 0 Å². The molecule has 0 saturated carbocycles. The summed E-state index contributed by atoms with van der Waals surface area (Å²) in [5, 5.41) is 5.44. The standard InChI is InChI=1S/C46H57N4/c1-26(2)42-49(27(3)4)46(50(42)28(5)6)38-32-22-18-16-20-30(32)36(44(10,11)12)24-34(38)41-39-40(47-25-48(41)46)33-23-35(43(7,8)9)29-19-15-17-21-31(29)37(33)45(39,13)14/h15-28,42H,1-14H3/q+1. The number of nitrogens with zero attached hydrogens (tertiary/aromatic N) is 4. The molecule has 0 atom stereocenters. The van der Waals surface area contributed by atoms with Crippen molar-refractivity contribution in [2.45, 2.75) is 137 Å². The van der Waals surface area contributed by atoms with Crippen molar-refractivity contribution >= 4 is 21.5 Å². The minimum atomic E-state index is -0.497. The minimum absolute atomic E-state index is 0.00247. The molecule has 2 aliphatic heterocycles. The van der Waals surface area contributed by atoms with Gasteiger partial charge in [0.2, 0.25) is 0 Å². The quantitative estimate of drug-likeness (QED) is 0.179. The first kappa shape index (κ1) is 33.5. The Morgan fingerprint density at radius 1 is 0.640 bits per heavy atom. The van der Waals surface area contributed by atoms with Crippen LogP contribution < -0.4 is 4.57 Å². The van der Waals surface area contributed by atoms with Gasteiger partial charge in [0.25, 0.3) is 12.1 Å². The molecule has 5 aromatic rings. The Kier molecular flexibility index (Phi) is 7.03. The largest absolute Gasteiger partial charge is 0.290 e. The first-order valence-electron chi connectivity index (χ1n) is 19.0. The number of hydrogen-bond acceptors (Lipinski definition) is 3. The fourth-order valence-corrected chi connectivity index (χ4v) is 10.5. The van der Waals surface area contributed by atoms with E-state index in [0.717, 1.165) is 5.69 Å². The fraction of sp³-hybridized carbons (Fsp3) is 0.478. The van der Waals surface area contributed by atoms with Crippen molar-refractivity contribution < 1.29 is 4.57 Å². The lowest BCUT2D eigenvalue weighted by molar-refractivity contribution is -0.822. The van der Waals surface area contributed by atoms with Crippen LogP contribution in [0.4, 0.5) is 0 Å². The Morgan fingerprint density at radius 2 is 1.10 bits per heavy atom. The van der Waals surface area contributed by atoms with Crippen LogP contribution in [0.5, 0.6) is 0 Å². The molecule has 0 bridgehead atoms. The van der Waals surface area contributed by atoms with Crippen LogP contribution in [0, 0.1) is 5.92 Å². The normalized spacial score (nSPS) is 21.4. The van der Waals surface area contributed by atoms with Crippen molar-refractivity contribution in [3.05, 3.63) is 94.8 Å². The summed E-state index contributed by atoms with van der Waals surface area (Å²) in [6, 6.07) is 24.0. The third kappa shape index (κ3) is 4.07. The van der Waals surface area contributed by atoms with Crippen LogP contribution >= 0.6 is 0 Å². The van der Waals surface area contributed by atoms with E-state index in [1.807, 2.05) is 0 Å². The van der Waals surface area contributed by atoms with Gasteiger partial charge >= 0.3 is 0 Å². The highest BCUT2D eigenvalue weighted by Gasteiger charge is 2.71. The molecule has 0 N–H and O–H groups in total. The molecule has 0 unspecified atom stereocenters. The van der Waals surface area contributed by atoms with E-state index in [1.165, 1.54) is 66.2 Å². The third-order valence-corrected chi connectivity index (χ3v) is 12.2. The van der Waals surface area contributed by atoms with Crippen molar-refractivity contribution in [2.75, 3.05) is 0 Å². The van der Waals surface area contributed by atoms with Crippen LogP contribution in [0.2, 0.25) is 0 Å². The van der Waals surface area contributed by atoms with Crippen LogP contribution in [0.3, 0.4) is 0 Å². The smallest absolute Gasteiger partial charge is 0.226 e. The number of fused-ring (bicyclic) bond motifs is 13. The number of rotatable bonds is 3. The van der Waals surface area contributed by atoms with Gasteiger partial charge in [-0.1, -0.05) is 118 Å². The maximum absolute atomic E-state index is 5.58. The van der Waals surface area contributed by atoms with Gasteiger partial charge in [-0.15, -0.1) is 0 Å². The summed E-state index contributed by atoms with van der Waals surface area (Å²) in [6.07, 6.45) is 2.53. The molecule has 4 nitrogen and oxygen atoms in total. The van der Waals surface area contributed by atoms with Gasteiger partial charge in [-0.3, -0.25) is 0 Å². The van der Waals surface area contributed by atoms with Crippen LogP contribution in [0.1, 0.15) is 125 Å². The first-order chi connectivity index (χ1) is 23.4. The molecule has 1 saturated heterocycles. The number of aromatic nitrogens is 2. The van der Waals surface area contributed by atoms with Gasteiger partial charge in [-0.05, 0) is 99.8 Å². The molecule has 1 aliphatic carbocycles. The van der Waals surface area contributed by atoms with Crippen LogP contribution in [-0.2, 0) is 22.0 Å². The monoisotopic (exact) mass is 665 g/mol. The third-order valence-electron chi connectivity index (χ3n) is 12.2. The van der Waals surface area contributed by atoms with Gasteiger partial charge in [0, 0.05) is 28.6 Å². The zero-order valence-corrected chi connectivity index (χ0v) is 32.9. The zero-order chi connectivity index (χ0) is 36.0. The summed E-state index contributed by atoms with van der Waals surface area (Å²) in [5.41, 5.74) is 11.8. The van der Waals surface area contributed by atoms with E-state index in [0.29, 0.717) is 24.2 Å². The van der Waals surface area contributed by atoms with Crippen LogP contribution in [0.25, 0.3) is 44.1 Å². The van der Waals surface area contributed by atoms with Crippen molar-refractivity contribution in [2.24, 2.45) is 5.92 Å². The second-order valence-electron chi connectivity index (χ2n) is 18.9. The molecule has 50 heavy (non-hydrogen) atoms. The Bertz CT molecular complexity index is 2210.